The molecule has 2 aromatic rings. The summed E-state index contributed by atoms with van der Waals surface area (Å²) < 4.78 is 40.1. The lowest BCUT2D eigenvalue weighted by Gasteiger charge is -2.40. The molecular weight excluding hydrogens is 381 g/mol. The van der Waals surface area contributed by atoms with Gasteiger partial charge in [0.1, 0.15) is 5.82 Å². The third-order valence-electron chi connectivity index (χ3n) is 5.22. The minimum absolute atomic E-state index is 0.0328. The third-order valence-corrected chi connectivity index (χ3v) is 5.22. The van der Waals surface area contributed by atoms with Gasteiger partial charge in [-0.3, -0.25) is 9.88 Å². The summed E-state index contributed by atoms with van der Waals surface area (Å²) in [6.45, 7) is 8.65. The van der Waals surface area contributed by atoms with Crippen LogP contribution in [0.4, 0.5) is 19.0 Å². The van der Waals surface area contributed by atoms with Gasteiger partial charge >= 0.3 is 6.18 Å². The van der Waals surface area contributed by atoms with Gasteiger partial charge in [-0.2, -0.15) is 13.2 Å². The lowest BCUT2D eigenvalue weighted by atomic mass is 10.0. The maximum atomic E-state index is 13.4. The molecule has 1 saturated heterocycles. The van der Waals surface area contributed by atoms with Crippen LogP contribution in [0.25, 0.3) is 11.4 Å². The highest BCUT2D eigenvalue weighted by Gasteiger charge is 2.34. The van der Waals surface area contributed by atoms with E-state index in [0.717, 1.165) is 32.2 Å². The molecular formula is C20H27F3N6. The van der Waals surface area contributed by atoms with Gasteiger partial charge in [-0.25, -0.2) is 9.97 Å². The average Bonchev–Trinajstić information content (AvgIpc) is 2.69. The number of halogens is 3. The number of hydrogen-bond acceptors (Lipinski definition) is 6. The van der Waals surface area contributed by atoms with E-state index in [2.05, 4.69) is 51.0 Å². The summed E-state index contributed by atoms with van der Waals surface area (Å²) >= 11 is 0. The molecule has 3 heterocycles. The lowest BCUT2D eigenvalue weighted by Crippen LogP contribution is -2.52. The molecule has 1 N–H and O–H groups in total. The molecule has 9 heteroatoms. The summed E-state index contributed by atoms with van der Waals surface area (Å²) in [4.78, 5) is 16.6. The minimum atomic E-state index is -4.55. The largest absolute Gasteiger partial charge is 0.433 e. The van der Waals surface area contributed by atoms with Gasteiger partial charge in [-0.15, -0.1) is 0 Å². The van der Waals surface area contributed by atoms with Crippen LogP contribution in [0.15, 0.2) is 30.6 Å². The Balaban J connectivity index is 1.81. The molecule has 0 bridgehead atoms. The highest BCUT2D eigenvalue weighted by Crippen LogP contribution is 2.30. The molecule has 0 amide bonds. The fourth-order valence-electron chi connectivity index (χ4n) is 3.46. The molecule has 29 heavy (non-hydrogen) atoms. The van der Waals surface area contributed by atoms with Crippen molar-refractivity contribution in [1.29, 1.82) is 0 Å². The van der Waals surface area contributed by atoms with E-state index in [1.807, 2.05) is 0 Å². The normalized spacial score (nSPS) is 17.5. The van der Waals surface area contributed by atoms with Crippen LogP contribution < -0.4 is 5.32 Å². The van der Waals surface area contributed by atoms with Crippen LogP contribution in [0.1, 0.15) is 19.5 Å². The van der Waals surface area contributed by atoms with Gasteiger partial charge in [0.25, 0.3) is 0 Å². The first-order valence-corrected chi connectivity index (χ1v) is 9.77. The second-order valence-electron chi connectivity index (χ2n) is 7.73. The topological polar surface area (TPSA) is 57.2 Å². The van der Waals surface area contributed by atoms with Crippen molar-refractivity contribution in [2.75, 3.05) is 45.1 Å². The highest BCUT2D eigenvalue weighted by atomic mass is 19.4. The summed E-state index contributed by atoms with van der Waals surface area (Å²) in [6.07, 6.45) is -1.53. The van der Waals surface area contributed by atoms with Crippen LogP contribution >= 0.6 is 0 Å². The maximum absolute atomic E-state index is 13.4. The summed E-state index contributed by atoms with van der Waals surface area (Å²) in [5, 5.41) is 3.14. The van der Waals surface area contributed by atoms with Crippen LogP contribution in [0, 0.1) is 5.92 Å². The van der Waals surface area contributed by atoms with Crippen LogP contribution in [0.3, 0.4) is 0 Å². The Morgan fingerprint density at radius 1 is 1.07 bits per heavy atom. The standard InChI is InChI=1S/C20H27F3N6/c1-14(2)16(29-10-8-28(3)9-11-29)13-25-18-12-17(20(21,22)23)26-19(27-18)15-4-6-24-7-5-15/h4-7,12,14,16H,8-11,13H2,1-3H3,(H,25,26,27). The molecule has 0 spiro atoms. The predicted molar refractivity (Wildman–Crippen MR) is 106 cm³/mol. The molecule has 3 rings (SSSR count). The monoisotopic (exact) mass is 408 g/mol. The smallest absolute Gasteiger partial charge is 0.368 e. The molecule has 1 aliphatic rings. The molecule has 1 atom stereocenters. The first-order valence-electron chi connectivity index (χ1n) is 9.77. The number of pyridine rings is 1. The zero-order valence-electron chi connectivity index (χ0n) is 16.9. The van der Waals surface area contributed by atoms with Crippen LogP contribution in [0.5, 0.6) is 0 Å². The molecule has 0 radical (unpaired) electrons. The molecule has 0 aromatic carbocycles. The van der Waals surface area contributed by atoms with Crippen LogP contribution in [-0.2, 0) is 6.18 Å². The van der Waals surface area contributed by atoms with E-state index in [-0.39, 0.29) is 17.7 Å². The van der Waals surface area contributed by atoms with Gasteiger partial charge in [-0.1, -0.05) is 13.8 Å². The number of piperazine rings is 1. The van der Waals surface area contributed by atoms with Crippen molar-refractivity contribution in [2.24, 2.45) is 5.92 Å². The summed E-state index contributed by atoms with van der Waals surface area (Å²) in [7, 11) is 2.10. The lowest BCUT2D eigenvalue weighted by molar-refractivity contribution is -0.141. The fraction of sp³-hybridized carbons (Fsp3) is 0.550. The fourth-order valence-corrected chi connectivity index (χ4v) is 3.46. The van der Waals surface area contributed by atoms with Crippen molar-refractivity contribution in [3.63, 3.8) is 0 Å². The predicted octanol–water partition coefficient (Wildman–Crippen LogP) is 3.24. The van der Waals surface area contributed by atoms with Gasteiger partial charge in [0.15, 0.2) is 11.5 Å². The number of rotatable bonds is 6. The van der Waals surface area contributed by atoms with Gasteiger partial charge in [0, 0.05) is 62.8 Å². The van der Waals surface area contributed by atoms with Gasteiger partial charge in [0.2, 0.25) is 0 Å². The SMILES string of the molecule is CC(C)C(CNc1cc(C(F)(F)F)nc(-c2ccncc2)n1)N1CCN(C)CC1. The van der Waals surface area contributed by atoms with Crippen molar-refractivity contribution in [3.05, 3.63) is 36.3 Å². The second-order valence-corrected chi connectivity index (χ2v) is 7.73. The van der Waals surface area contributed by atoms with Gasteiger partial charge in [-0.05, 0) is 25.1 Å². The number of anilines is 1. The van der Waals surface area contributed by atoms with Crippen LogP contribution in [-0.4, -0.2) is 70.6 Å². The van der Waals surface area contributed by atoms with E-state index >= 15 is 0 Å². The Morgan fingerprint density at radius 2 is 1.72 bits per heavy atom. The molecule has 1 unspecified atom stereocenters. The number of aromatic nitrogens is 3. The van der Waals surface area contributed by atoms with Gasteiger partial charge in [0.05, 0.1) is 0 Å². The average molecular weight is 408 g/mol. The number of nitrogens with one attached hydrogen (secondary N) is 1. The van der Waals surface area contributed by atoms with Crippen molar-refractivity contribution < 1.29 is 13.2 Å². The van der Waals surface area contributed by atoms with E-state index in [0.29, 0.717) is 18.0 Å². The van der Waals surface area contributed by atoms with E-state index in [9.17, 15) is 13.2 Å². The van der Waals surface area contributed by atoms with E-state index in [1.54, 1.807) is 12.1 Å². The van der Waals surface area contributed by atoms with E-state index in [4.69, 9.17) is 0 Å². The number of alkyl halides is 3. The zero-order chi connectivity index (χ0) is 21.0. The second kappa shape index (κ2) is 9.04. The minimum Gasteiger partial charge on any atom is -0.368 e. The molecule has 1 fully saturated rings. The van der Waals surface area contributed by atoms with E-state index < -0.39 is 11.9 Å². The molecule has 6 nitrogen and oxygen atoms in total. The Bertz CT molecular complexity index is 789. The maximum Gasteiger partial charge on any atom is 0.433 e. The first kappa shape index (κ1) is 21.4. The number of likely N-dealkylation sites (N-methyl/N-ethyl adjacent to an activating group) is 1. The third kappa shape index (κ3) is 5.63. The molecule has 158 valence electrons. The molecule has 0 saturated carbocycles. The van der Waals surface area contributed by atoms with Gasteiger partial charge < -0.3 is 10.2 Å². The Kier molecular flexibility index (Phi) is 6.69. The first-order chi connectivity index (χ1) is 13.7. The molecule has 1 aliphatic heterocycles. The molecule has 0 aliphatic carbocycles. The van der Waals surface area contributed by atoms with Crippen molar-refractivity contribution in [1.82, 2.24) is 24.8 Å². The quantitative estimate of drug-likeness (QED) is 0.792. The van der Waals surface area contributed by atoms with E-state index in [1.165, 1.54) is 12.4 Å². The Hall–Kier alpha value is -2.26. The zero-order valence-corrected chi connectivity index (χ0v) is 16.9. The molecule has 2 aromatic heterocycles. The number of nitrogens with zero attached hydrogens (tertiary/aromatic N) is 5. The van der Waals surface area contributed by atoms with Crippen molar-refractivity contribution in [2.45, 2.75) is 26.1 Å². The summed E-state index contributed by atoms with van der Waals surface area (Å²) in [6, 6.07) is 4.38. The Morgan fingerprint density at radius 3 is 2.31 bits per heavy atom. The summed E-state index contributed by atoms with van der Waals surface area (Å²) in [5.74, 6) is 0.568. The highest BCUT2D eigenvalue weighted by molar-refractivity contribution is 5.57. The summed E-state index contributed by atoms with van der Waals surface area (Å²) in [5.41, 5.74) is -0.462. The van der Waals surface area contributed by atoms with Crippen molar-refractivity contribution in [3.8, 4) is 11.4 Å². The Labute approximate surface area is 169 Å². The number of hydrogen-bond donors (Lipinski definition) is 1. The van der Waals surface area contributed by atoms with Crippen LogP contribution in [0.2, 0.25) is 0 Å². The van der Waals surface area contributed by atoms with Crippen molar-refractivity contribution >= 4 is 5.82 Å².